The molecule has 1 aromatic rings. The van der Waals surface area contributed by atoms with E-state index in [1.165, 1.54) is 11.1 Å². The average molecular weight is 271 g/mol. The van der Waals surface area contributed by atoms with E-state index in [0.29, 0.717) is 15.4 Å². The fraction of sp³-hybridized carbons (Fsp3) is 0.385. The van der Waals surface area contributed by atoms with Gasteiger partial charge in [-0.1, -0.05) is 49.4 Å². The first-order valence-corrected chi connectivity index (χ1v) is 7.44. The summed E-state index contributed by atoms with van der Waals surface area (Å²) in [6.45, 7) is 8.20. The highest BCUT2D eigenvalue weighted by atomic mass is 35.5. The molecule has 0 aliphatic heterocycles. The molecule has 0 amide bonds. The Morgan fingerprint density at radius 2 is 2.12 bits per heavy atom. The molecule has 0 saturated heterocycles. The third-order valence-corrected chi connectivity index (χ3v) is 4.61. The van der Waals surface area contributed by atoms with Crippen LogP contribution in [0.5, 0.6) is 0 Å². The second-order valence-corrected chi connectivity index (χ2v) is 7.24. The summed E-state index contributed by atoms with van der Waals surface area (Å²) in [5, 5.41) is 0. The van der Waals surface area contributed by atoms with Crippen molar-refractivity contribution in [1.82, 2.24) is 0 Å². The zero-order chi connectivity index (χ0) is 12.1. The predicted molar refractivity (Wildman–Crippen MR) is 75.6 cm³/mol. The first kappa shape index (κ1) is 13.8. The summed E-state index contributed by atoms with van der Waals surface area (Å²) in [7, 11) is 0.594. The van der Waals surface area contributed by atoms with Gasteiger partial charge in [0.2, 0.25) is 0 Å². The predicted octanol–water partition coefficient (Wildman–Crippen LogP) is 4.71. The van der Waals surface area contributed by atoms with Gasteiger partial charge in [-0.15, -0.1) is 23.2 Å². The first-order valence-electron chi connectivity index (χ1n) is 5.28. The van der Waals surface area contributed by atoms with E-state index >= 15 is 0 Å². The molecule has 3 heteroatoms. The molecule has 1 unspecified atom stereocenters. The van der Waals surface area contributed by atoms with E-state index in [-0.39, 0.29) is 4.46 Å². The minimum Gasteiger partial charge on any atom is -0.110 e. The molecule has 0 N–H and O–H groups in total. The highest BCUT2D eigenvalue weighted by Crippen LogP contribution is 2.23. The van der Waals surface area contributed by atoms with Crippen LogP contribution in [0.25, 0.3) is 5.57 Å². The van der Waals surface area contributed by atoms with E-state index < -0.39 is 0 Å². The van der Waals surface area contributed by atoms with Crippen molar-refractivity contribution < 1.29 is 0 Å². The van der Waals surface area contributed by atoms with Crippen molar-refractivity contribution in [2.24, 2.45) is 0 Å². The van der Waals surface area contributed by atoms with Gasteiger partial charge < -0.3 is 0 Å². The van der Waals surface area contributed by atoms with Gasteiger partial charge in [-0.25, -0.2) is 0 Å². The molecule has 0 nitrogen and oxygen atoms in total. The minimum atomic E-state index is -0.230. The molecule has 0 saturated carbocycles. The molecule has 1 aromatic carbocycles. The van der Waals surface area contributed by atoms with E-state index in [4.69, 9.17) is 23.2 Å². The second-order valence-electron chi connectivity index (χ2n) is 4.02. The van der Waals surface area contributed by atoms with Crippen molar-refractivity contribution >= 4 is 38.3 Å². The lowest BCUT2D eigenvalue weighted by atomic mass is 9.98. The van der Waals surface area contributed by atoms with E-state index in [2.05, 4.69) is 37.8 Å². The lowest BCUT2D eigenvalue weighted by molar-refractivity contribution is 0.857. The van der Waals surface area contributed by atoms with E-state index in [1.807, 2.05) is 6.92 Å². The quantitative estimate of drug-likeness (QED) is 0.537. The monoisotopic (exact) mass is 270 g/mol. The lowest BCUT2D eigenvalue weighted by Gasteiger charge is -2.13. The Balaban J connectivity index is 2.71. The summed E-state index contributed by atoms with van der Waals surface area (Å²) >= 11 is 11.5. The molecular weight excluding hydrogens is 255 g/mol. The van der Waals surface area contributed by atoms with Crippen LogP contribution in [0.1, 0.15) is 30.9 Å². The van der Waals surface area contributed by atoms with Gasteiger partial charge in [0.25, 0.3) is 0 Å². The number of benzene rings is 1. The number of halogens is 2. The van der Waals surface area contributed by atoms with Crippen molar-refractivity contribution in [3.63, 3.8) is 0 Å². The van der Waals surface area contributed by atoms with Gasteiger partial charge in [0.1, 0.15) is 0 Å². The maximum absolute atomic E-state index is 5.75. The largest absolute Gasteiger partial charge is 0.110 e. The fourth-order valence-corrected chi connectivity index (χ4v) is 2.80. The zero-order valence-electron chi connectivity index (χ0n) is 9.63. The molecule has 1 rings (SSSR count). The third-order valence-electron chi connectivity index (χ3n) is 2.53. The molecule has 86 valence electrons. The number of hydrogen-bond donors (Lipinski definition) is 0. The highest BCUT2D eigenvalue weighted by molar-refractivity contribution is 6.68. The molecule has 0 aliphatic carbocycles. The summed E-state index contributed by atoms with van der Waals surface area (Å²) in [4.78, 5) is 0. The normalized spacial score (nSPS) is 12.8. The van der Waals surface area contributed by atoms with Crippen LogP contribution in [0.2, 0.25) is 6.04 Å². The number of rotatable bonds is 5. The maximum Gasteiger partial charge on any atom is 0.0929 e. The molecule has 0 spiro atoms. The Labute approximate surface area is 110 Å². The van der Waals surface area contributed by atoms with E-state index in [0.717, 1.165) is 11.6 Å². The van der Waals surface area contributed by atoms with Crippen molar-refractivity contribution in [3.8, 4) is 0 Å². The van der Waals surface area contributed by atoms with E-state index in [1.54, 1.807) is 0 Å². The second kappa shape index (κ2) is 6.48. The third kappa shape index (κ3) is 4.32. The fourth-order valence-electron chi connectivity index (χ4n) is 1.49. The Bertz CT molecular complexity index is 361. The minimum absolute atomic E-state index is 0.230. The molecule has 16 heavy (non-hydrogen) atoms. The van der Waals surface area contributed by atoms with Gasteiger partial charge in [-0.2, -0.15) is 0 Å². The van der Waals surface area contributed by atoms with Crippen LogP contribution in [-0.4, -0.2) is 14.0 Å². The lowest BCUT2D eigenvalue weighted by Crippen LogP contribution is -2.05. The highest BCUT2D eigenvalue weighted by Gasteiger charge is 2.09. The van der Waals surface area contributed by atoms with Crippen molar-refractivity contribution in [2.45, 2.75) is 30.3 Å². The molecule has 1 atom stereocenters. The molecule has 0 heterocycles. The maximum atomic E-state index is 5.75. The van der Waals surface area contributed by atoms with Crippen LogP contribution in [0.4, 0.5) is 0 Å². The van der Waals surface area contributed by atoms with Gasteiger partial charge in [-0.05, 0) is 24.0 Å². The average Bonchev–Trinajstić information content (AvgIpc) is 2.26. The molecule has 0 aliphatic rings. The van der Waals surface area contributed by atoms with Crippen LogP contribution >= 0.6 is 23.2 Å². The van der Waals surface area contributed by atoms with Gasteiger partial charge >= 0.3 is 0 Å². The summed E-state index contributed by atoms with van der Waals surface area (Å²) in [5.41, 5.74) is 3.65. The van der Waals surface area contributed by atoms with Crippen LogP contribution in [-0.2, 0) is 0 Å². The van der Waals surface area contributed by atoms with Gasteiger partial charge in [0.05, 0.1) is 14.0 Å². The zero-order valence-corrected chi connectivity index (χ0v) is 12.1. The Morgan fingerprint density at radius 3 is 2.69 bits per heavy atom. The van der Waals surface area contributed by atoms with Gasteiger partial charge in [-0.3, -0.25) is 0 Å². The van der Waals surface area contributed by atoms with Crippen LogP contribution in [0.15, 0.2) is 30.8 Å². The van der Waals surface area contributed by atoms with E-state index in [9.17, 15) is 0 Å². The van der Waals surface area contributed by atoms with Crippen molar-refractivity contribution in [3.05, 3.63) is 42.0 Å². The molecule has 0 aromatic heterocycles. The van der Waals surface area contributed by atoms with Crippen molar-refractivity contribution in [2.75, 3.05) is 0 Å². The van der Waals surface area contributed by atoms with Crippen molar-refractivity contribution in [1.29, 1.82) is 0 Å². The Hall–Kier alpha value is -0.243. The number of allylic oxidation sites excluding steroid dienone is 1. The smallest absolute Gasteiger partial charge is 0.0929 e. The van der Waals surface area contributed by atoms with Gasteiger partial charge in [0.15, 0.2) is 0 Å². The first-order chi connectivity index (χ1) is 7.50. The molecule has 0 bridgehead atoms. The molecule has 2 radical (unpaired) electrons. The van der Waals surface area contributed by atoms with Crippen LogP contribution < -0.4 is 0 Å². The van der Waals surface area contributed by atoms with Gasteiger partial charge in [0, 0.05) is 0 Å². The summed E-state index contributed by atoms with van der Waals surface area (Å²) in [6.07, 6.45) is 0. The summed E-state index contributed by atoms with van der Waals surface area (Å²) < 4.78 is -0.230. The summed E-state index contributed by atoms with van der Waals surface area (Å²) in [5.74, 6) is 0.498. The Kier molecular flexibility index (Phi) is 5.60. The standard InChI is InChI=1S/C13H16Cl2Si/c1-9(2)11-5-4-6-12(7-11)10(3)8-16-13(14)15/h4-7,10,13H,1,8H2,2-3H3. The van der Waals surface area contributed by atoms with Crippen LogP contribution in [0, 0.1) is 0 Å². The topological polar surface area (TPSA) is 0 Å². The Morgan fingerprint density at radius 1 is 1.44 bits per heavy atom. The number of hydrogen-bond acceptors (Lipinski definition) is 0. The SMILES string of the molecule is C=C(C)c1cccc(C(C)C[Si]C(Cl)Cl)c1. The molecular formula is C13H16Cl2Si. The summed E-state index contributed by atoms with van der Waals surface area (Å²) in [6, 6.07) is 9.57. The number of alkyl halides is 2. The van der Waals surface area contributed by atoms with Crippen LogP contribution in [0.3, 0.4) is 0 Å². The molecule has 0 fully saturated rings.